The van der Waals surface area contributed by atoms with Crippen molar-refractivity contribution >= 4 is 29.0 Å². The predicted molar refractivity (Wildman–Crippen MR) is 132 cm³/mol. The number of rotatable bonds is 5. The van der Waals surface area contributed by atoms with Gasteiger partial charge in [0.15, 0.2) is 5.82 Å². The van der Waals surface area contributed by atoms with Crippen LogP contribution in [0.1, 0.15) is 31.7 Å². The van der Waals surface area contributed by atoms with Gasteiger partial charge in [0.1, 0.15) is 35.3 Å². The maximum absolute atomic E-state index is 14.9. The zero-order chi connectivity index (χ0) is 24.7. The topological polar surface area (TPSA) is 83.8 Å². The number of anilines is 5. The van der Waals surface area contributed by atoms with Gasteiger partial charge in [0.2, 0.25) is 5.95 Å². The molecule has 8 nitrogen and oxygen atoms in total. The SMILES string of the molecule is CNc1nc(Nc2ccc(-n3cnc(C)n3)c(F)c2)nc2c1C(C)(C)CCN2c1ccc(F)cc1. The van der Waals surface area contributed by atoms with E-state index in [4.69, 9.17) is 4.98 Å². The normalized spacial score (nSPS) is 14.5. The van der Waals surface area contributed by atoms with Crippen LogP contribution in [0, 0.1) is 18.6 Å². The van der Waals surface area contributed by atoms with E-state index in [1.54, 1.807) is 31.2 Å². The first-order valence-corrected chi connectivity index (χ1v) is 11.3. The summed E-state index contributed by atoms with van der Waals surface area (Å²) in [5, 5.41) is 10.5. The highest BCUT2D eigenvalue weighted by Gasteiger charge is 2.36. The van der Waals surface area contributed by atoms with Crippen LogP contribution in [0.4, 0.5) is 37.7 Å². The van der Waals surface area contributed by atoms with Crippen LogP contribution in [0.2, 0.25) is 0 Å². The Morgan fingerprint density at radius 2 is 1.80 bits per heavy atom. The first kappa shape index (κ1) is 22.7. The van der Waals surface area contributed by atoms with E-state index in [2.05, 4.69) is 44.4 Å². The molecule has 1 aliphatic rings. The Morgan fingerprint density at radius 1 is 1.03 bits per heavy atom. The summed E-state index contributed by atoms with van der Waals surface area (Å²) in [6.07, 6.45) is 2.34. The number of aryl methyl sites for hydroxylation is 1. The van der Waals surface area contributed by atoms with E-state index >= 15 is 0 Å². The third-order valence-electron chi connectivity index (χ3n) is 6.21. The molecule has 0 aliphatic carbocycles. The summed E-state index contributed by atoms with van der Waals surface area (Å²) in [6, 6.07) is 11.1. The Kier molecular flexibility index (Phi) is 5.58. The van der Waals surface area contributed by atoms with E-state index in [0.717, 1.165) is 23.5 Å². The predicted octanol–water partition coefficient (Wildman–Crippen LogP) is 5.25. The van der Waals surface area contributed by atoms with Crippen molar-refractivity contribution in [2.75, 3.05) is 29.1 Å². The molecule has 180 valence electrons. The Hall–Kier alpha value is -4.08. The molecule has 0 atom stereocenters. The summed E-state index contributed by atoms with van der Waals surface area (Å²) in [7, 11) is 1.81. The molecule has 0 saturated carbocycles. The van der Waals surface area contributed by atoms with Gasteiger partial charge in [-0.3, -0.25) is 0 Å². The van der Waals surface area contributed by atoms with Gasteiger partial charge >= 0.3 is 0 Å². The second kappa shape index (κ2) is 8.61. The number of hydrogen-bond acceptors (Lipinski definition) is 7. The van der Waals surface area contributed by atoms with Crippen LogP contribution in [0.5, 0.6) is 0 Å². The van der Waals surface area contributed by atoms with Crippen LogP contribution in [0.15, 0.2) is 48.8 Å². The second-order valence-electron chi connectivity index (χ2n) is 9.13. The van der Waals surface area contributed by atoms with Crippen molar-refractivity contribution in [3.63, 3.8) is 0 Å². The molecular formula is C25H26F2N8. The molecule has 2 N–H and O–H groups in total. The number of benzene rings is 2. The lowest BCUT2D eigenvalue weighted by Crippen LogP contribution is -2.36. The minimum atomic E-state index is -0.458. The fourth-order valence-electron chi connectivity index (χ4n) is 4.36. The molecule has 0 bridgehead atoms. The molecule has 4 aromatic rings. The zero-order valence-corrected chi connectivity index (χ0v) is 20.0. The van der Waals surface area contributed by atoms with E-state index in [-0.39, 0.29) is 11.2 Å². The van der Waals surface area contributed by atoms with Gasteiger partial charge in [0, 0.05) is 30.5 Å². The largest absolute Gasteiger partial charge is 0.373 e. The van der Waals surface area contributed by atoms with Crippen LogP contribution in [0.25, 0.3) is 5.69 Å². The smallest absolute Gasteiger partial charge is 0.231 e. The number of aromatic nitrogens is 5. The Bertz CT molecular complexity index is 1380. The van der Waals surface area contributed by atoms with Crippen molar-refractivity contribution in [3.05, 3.63) is 71.8 Å². The lowest BCUT2D eigenvalue weighted by atomic mass is 9.79. The van der Waals surface area contributed by atoms with Gasteiger partial charge in [-0.25, -0.2) is 18.4 Å². The van der Waals surface area contributed by atoms with Crippen LogP contribution >= 0.6 is 0 Å². The van der Waals surface area contributed by atoms with E-state index < -0.39 is 5.82 Å². The number of halogens is 2. The standard InChI is InChI=1S/C25H26F2N8/c1-15-29-14-35(33-15)20-10-7-17(13-19(20)27)30-24-31-22(28-4)21-23(32-24)34(12-11-25(21,2)3)18-8-5-16(26)6-9-18/h5-10,13-14H,11-12H2,1-4H3,(H2,28,30,31,32). The molecule has 0 unspecified atom stereocenters. The average Bonchev–Trinajstić information content (AvgIpc) is 3.25. The van der Waals surface area contributed by atoms with E-state index in [0.29, 0.717) is 35.5 Å². The highest BCUT2D eigenvalue weighted by Crippen LogP contribution is 2.45. The van der Waals surface area contributed by atoms with Crippen LogP contribution in [0.3, 0.4) is 0 Å². The Labute approximate surface area is 202 Å². The zero-order valence-electron chi connectivity index (χ0n) is 20.0. The molecule has 5 rings (SSSR count). The number of nitrogens with one attached hydrogen (secondary N) is 2. The van der Waals surface area contributed by atoms with Crippen molar-refractivity contribution in [1.82, 2.24) is 24.7 Å². The van der Waals surface area contributed by atoms with Crippen molar-refractivity contribution in [1.29, 1.82) is 0 Å². The van der Waals surface area contributed by atoms with Gasteiger partial charge < -0.3 is 15.5 Å². The van der Waals surface area contributed by atoms with Crippen molar-refractivity contribution in [2.24, 2.45) is 0 Å². The number of nitrogens with zero attached hydrogens (tertiary/aromatic N) is 6. The quantitative estimate of drug-likeness (QED) is 0.407. The minimum absolute atomic E-state index is 0.174. The van der Waals surface area contributed by atoms with Gasteiger partial charge in [-0.1, -0.05) is 13.8 Å². The summed E-state index contributed by atoms with van der Waals surface area (Å²) in [6.45, 7) is 6.77. The van der Waals surface area contributed by atoms with Gasteiger partial charge in [-0.2, -0.15) is 15.1 Å². The minimum Gasteiger partial charge on any atom is -0.373 e. The van der Waals surface area contributed by atoms with Gasteiger partial charge in [0.05, 0.1) is 0 Å². The fourth-order valence-corrected chi connectivity index (χ4v) is 4.36. The van der Waals surface area contributed by atoms with E-state index in [1.165, 1.54) is 29.2 Å². The molecule has 1 aliphatic heterocycles. The summed E-state index contributed by atoms with van der Waals surface area (Å²) >= 11 is 0. The second-order valence-corrected chi connectivity index (χ2v) is 9.13. The summed E-state index contributed by atoms with van der Waals surface area (Å²) in [4.78, 5) is 15.6. The molecule has 0 fully saturated rings. The van der Waals surface area contributed by atoms with Crippen molar-refractivity contribution < 1.29 is 8.78 Å². The van der Waals surface area contributed by atoms with Crippen LogP contribution in [-0.4, -0.2) is 38.3 Å². The van der Waals surface area contributed by atoms with Crippen molar-refractivity contribution in [2.45, 2.75) is 32.6 Å². The third kappa shape index (κ3) is 4.27. The summed E-state index contributed by atoms with van der Waals surface area (Å²) < 4.78 is 29.8. The first-order chi connectivity index (χ1) is 16.7. The molecule has 0 radical (unpaired) electrons. The van der Waals surface area contributed by atoms with Crippen molar-refractivity contribution in [3.8, 4) is 5.69 Å². The van der Waals surface area contributed by atoms with Gasteiger partial charge in [-0.15, -0.1) is 0 Å². The van der Waals surface area contributed by atoms with E-state index in [1.807, 2.05) is 7.05 Å². The maximum atomic E-state index is 14.9. The summed E-state index contributed by atoms with van der Waals surface area (Å²) in [5.41, 5.74) is 2.43. The molecule has 0 amide bonds. The lowest BCUT2D eigenvalue weighted by Gasteiger charge is -2.40. The molecule has 10 heteroatoms. The van der Waals surface area contributed by atoms with Gasteiger partial charge in [-0.05, 0) is 61.2 Å². The molecule has 0 spiro atoms. The first-order valence-electron chi connectivity index (χ1n) is 11.3. The monoisotopic (exact) mass is 476 g/mol. The number of fused-ring (bicyclic) bond motifs is 1. The molecule has 35 heavy (non-hydrogen) atoms. The highest BCUT2D eigenvalue weighted by atomic mass is 19.1. The third-order valence-corrected chi connectivity index (χ3v) is 6.21. The average molecular weight is 477 g/mol. The number of hydrogen-bond donors (Lipinski definition) is 2. The van der Waals surface area contributed by atoms with Crippen LogP contribution in [-0.2, 0) is 5.41 Å². The Morgan fingerprint density at radius 3 is 2.46 bits per heavy atom. The highest BCUT2D eigenvalue weighted by molar-refractivity contribution is 5.74. The molecular weight excluding hydrogens is 450 g/mol. The molecule has 3 heterocycles. The molecule has 2 aromatic heterocycles. The molecule has 2 aromatic carbocycles. The summed E-state index contributed by atoms with van der Waals surface area (Å²) in [5.74, 6) is 1.54. The molecule has 0 saturated heterocycles. The van der Waals surface area contributed by atoms with E-state index in [9.17, 15) is 8.78 Å². The lowest BCUT2D eigenvalue weighted by molar-refractivity contribution is 0.463. The van der Waals surface area contributed by atoms with Gasteiger partial charge in [0.25, 0.3) is 0 Å². The van der Waals surface area contributed by atoms with Crippen LogP contribution < -0.4 is 15.5 Å². The Balaban J connectivity index is 1.54. The maximum Gasteiger partial charge on any atom is 0.231 e. The fraction of sp³-hybridized carbons (Fsp3) is 0.280.